The van der Waals surface area contributed by atoms with Crippen molar-refractivity contribution in [2.45, 2.75) is 19.4 Å². The Morgan fingerprint density at radius 3 is 2.96 bits per heavy atom. The van der Waals surface area contributed by atoms with Crippen LogP contribution in [0.2, 0.25) is 5.02 Å². The van der Waals surface area contributed by atoms with Crippen molar-refractivity contribution in [2.75, 3.05) is 25.5 Å². The molecule has 1 heterocycles. The average molecular weight is 355 g/mol. The molecule has 0 saturated carbocycles. The fraction of sp³-hybridized carbons (Fsp3) is 0.400. The van der Waals surface area contributed by atoms with E-state index in [0.717, 1.165) is 5.56 Å². The molecule has 8 heteroatoms. The molecule has 0 aliphatic carbocycles. The number of carbonyl (C=O) groups excluding carboxylic acids is 2. The van der Waals surface area contributed by atoms with Gasteiger partial charge in [0.05, 0.1) is 6.42 Å². The van der Waals surface area contributed by atoms with Gasteiger partial charge in [-0.1, -0.05) is 17.7 Å². The summed E-state index contributed by atoms with van der Waals surface area (Å²) in [6.07, 6.45) is 0.0135. The zero-order valence-corrected chi connectivity index (χ0v) is 14.6. The predicted octanol–water partition coefficient (Wildman–Crippen LogP) is 1.28. The molecule has 1 aromatic carbocycles. The largest absolute Gasteiger partial charge is 0.366 e. The molecule has 1 fully saturated rings. The van der Waals surface area contributed by atoms with Crippen LogP contribution in [0.25, 0.3) is 0 Å². The lowest BCUT2D eigenvalue weighted by Gasteiger charge is -2.36. The summed E-state index contributed by atoms with van der Waals surface area (Å²) in [6, 6.07) is 4.65. The molecule has 23 heavy (non-hydrogen) atoms. The van der Waals surface area contributed by atoms with Gasteiger partial charge in [0.15, 0.2) is 5.11 Å². The second-order valence-electron chi connectivity index (χ2n) is 5.27. The summed E-state index contributed by atoms with van der Waals surface area (Å²) in [7, 11) is 1.70. The maximum atomic E-state index is 12.3. The Kier molecular flexibility index (Phi) is 5.79. The van der Waals surface area contributed by atoms with Crippen LogP contribution in [0, 0.1) is 6.92 Å². The highest BCUT2D eigenvalue weighted by atomic mass is 35.5. The number of benzene rings is 1. The Labute approximate surface area is 145 Å². The predicted molar refractivity (Wildman–Crippen MR) is 94.6 cm³/mol. The highest BCUT2D eigenvalue weighted by molar-refractivity contribution is 7.80. The first-order valence-electron chi connectivity index (χ1n) is 7.24. The molecule has 0 spiro atoms. The average Bonchev–Trinajstić information content (AvgIpc) is 2.52. The Morgan fingerprint density at radius 1 is 1.52 bits per heavy atom. The van der Waals surface area contributed by atoms with Crippen molar-refractivity contribution in [1.29, 1.82) is 0 Å². The number of halogens is 1. The fourth-order valence-corrected chi connectivity index (χ4v) is 2.80. The van der Waals surface area contributed by atoms with Crippen molar-refractivity contribution < 1.29 is 9.59 Å². The first-order valence-corrected chi connectivity index (χ1v) is 8.03. The molecule has 1 aliphatic heterocycles. The second-order valence-corrected chi connectivity index (χ2v) is 6.09. The smallest absolute Gasteiger partial charge is 0.243 e. The number of nitrogens with one attached hydrogen (secondary N) is 3. The molecule has 2 amide bonds. The van der Waals surface area contributed by atoms with E-state index >= 15 is 0 Å². The van der Waals surface area contributed by atoms with Crippen molar-refractivity contribution in [3.63, 3.8) is 0 Å². The zero-order valence-electron chi connectivity index (χ0n) is 13.0. The number of amides is 2. The first kappa shape index (κ1) is 17.5. The van der Waals surface area contributed by atoms with Crippen LogP contribution in [0.15, 0.2) is 18.2 Å². The molecule has 3 N–H and O–H groups in total. The zero-order chi connectivity index (χ0) is 17.0. The lowest BCUT2D eigenvalue weighted by molar-refractivity contribution is -0.130. The first-order chi connectivity index (χ1) is 10.9. The third kappa shape index (κ3) is 4.33. The lowest BCUT2D eigenvalue weighted by Crippen LogP contribution is -2.59. The molecule has 0 aromatic heterocycles. The third-order valence-electron chi connectivity index (χ3n) is 3.66. The number of thiocarbonyl (C=S) groups is 1. The van der Waals surface area contributed by atoms with Gasteiger partial charge in [-0.25, -0.2) is 0 Å². The van der Waals surface area contributed by atoms with E-state index in [4.69, 9.17) is 23.8 Å². The van der Waals surface area contributed by atoms with Crippen LogP contribution in [0.4, 0.5) is 5.69 Å². The van der Waals surface area contributed by atoms with Crippen LogP contribution in [-0.4, -0.2) is 48.0 Å². The molecule has 2 rings (SSSR count). The molecule has 124 valence electrons. The molecule has 1 unspecified atom stereocenters. The fourth-order valence-electron chi connectivity index (χ4n) is 2.41. The molecular formula is C15H19ClN4O2S. The summed E-state index contributed by atoms with van der Waals surface area (Å²) in [5, 5.41) is 9.41. The van der Waals surface area contributed by atoms with Gasteiger partial charge >= 0.3 is 0 Å². The Hall–Kier alpha value is -1.86. The summed E-state index contributed by atoms with van der Waals surface area (Å²) in [4.78, 5) is 26.1. The van der Waals surface area contributed by atoms with Crippen molar-refractivity contribution in [3.8, 4) is 0 Å². The summed E-state index contributed by atoms with van der Waals surface area (Å²) < 4.78 is 0. The quantitative estimate of drug-likeness (QED) is 0.713. The van der Waals surface area contributed by atoms with E-state index in [9.17, 15) is 9.59 Å². The number of hydrogen-bond donors (Lipinski definition) is 3. The third-order valence-corrected chi connectivity index (χ3v) is 4.33. The topological polar surface area (TPSA) is 73.5 Å². The number of nitrogens with zero attached hydrogens (tertiary/aromatic N) is 1. The molecular weight excluding hydrogens is 336 g/mol. The van der Waals surface area contributed by atoms with Crippen molar-refractivity contribution >= 4 is 46.4 Å². The van der Waals surface area contributed by atoms with Gasteiger partial charge in [-0.15, -0.1) is 0 Å². The van der Waals surface area contributed by atoms with E-state index in [1.54, 1.807) is 24.1 Å². The van der Waals surface area contributed by atoms with Crippen LogP contribution in [-0.2, 0) is 9.59 Å². The highest BCUT2D eigenvalue weighted by Gasteiger charge is 2.32. The number of carbonyl (C=O) groups is 2. The second kappa shape index (κ2) is 7.61. The van der Waals surface area contributed by atoms with Gasteiger partial charge in [0.2, 0.25) is 11.8 Å². The Bertz CT molecular complexity index is 638. The normalized spacial score (nSPS) is 17.4. The van der Waals surface area contributed by atoms with Crippen LogP contribution in [0.1, 0.15) is 12.0 Å². The van der Waals surface area contributed by atoms with Gasteiger partial charge < -0.3 is 20.9 Å². The van der Waals surface area contributed by atoms with Gasteiger partial charge in [-0.05, 0) is 36.8 Å². The SMILES string of the molecule is CNC(=S)N1CCNC(=O)C1CC(=O)Nc1cc(Cl)ccc1C. The van der Waals surface area contributed by atoms with E-state index in [1.165, 1.54) is 0 Å². The van der Waals surface area contributed by atoms with E-state index in [0.29, 0.717) is 28.9 Å². The molecule has 1 aromatic rings. The number of piperazine rings is 1. The molecule has 1 atom stereocenters. The molecule has 6 nitrogen and oxygen atoms in total. The Balaban J connectivity index is 2.09. The van der Waals surface area contributed by atoms with E-state index in [2.05, 4.69) is 16.0 Å². The van der Waals surface area contributed by atoms with Crippen LogP contribution in [0.5, 0.6) is 0 Å². The molecule has 1 saturated heterocycles. The molecule has 1 aliphatic rings. The van der Waals surface area contributed by atoms with Crippen LogP contribution in [0.3, 0.4) is 0 Å². The van der Waals surface area contributed by atoms with Gasteiger partial charge in [0.25, 0.3) is 0 Å². The summed E-state index contributed by atoms with van der Waals surface area (Å²) >= 11 is 11.2. The summed E-state index contributed by atoms with van der Waals surface area (Å²) in [5.74, 6) is -0.465. The van der Waals surface area contributed by atoms with Gasteiger partial charge in [0, 0.05) is 30.8 Å². The van der Waals surface area contributed by atoms with Crippen molar-refractivity contribution in [2.24, 2.45) is 0 Å². The summed E-state index contributed by atoms with van der Waals surface area (Å²) in [5.41, 5.74) is 1.54. The summed E-state index contributed by atoms with van der Waals surface area (Å²) in [6.45, 7) is 2.95. The van der Waals surface area contributed by atoms with Gasteiger partial charge in [-0.2, -0.15) is 0 Å². The minimum absolute atomic E-state index is 0.0135. The maximum Gasteiger partial charge on any atom is 0.243 e. The number of rotatable bonds is 3. The van der Waals surface area contributed by atoms with Crippen LogP contribution >= 0.6 is 23.8 Å². The van der Waals surface area contributed by atoms with E-state index in [-0.39, 0.29) is 18.2 Å². The number of aryl methyl sites for hydroxylation is 1. The lowest BCUT2D eigenvalue weighted by atomic mass is 10.1. The number of anilines is 1. The van der Waals surface area contributed by atoms with Gasteiger partial charge in [0.1, 0.15) is 6.04 Å². The van der Waals surface area contributed by atoms with E-state index < -0.39 is 6.04 Å². The highest BCUT2D eigenvalue weighted by Crippen LogP contribution is 2.21. The monoisotopic (exact) mass is 354 g/mol. The molecule has 0 radical (unpaired) electrons. The minimum atomic E-state index is -0.622. The Morgan fingerprint density at radius 2 is 2.26 bits per heavy atom. The maximum absolute atomic E-state index is 12.3. The standard InChI is InChI=1S/C15H19ClN4O2S/c1-9-3-4-10(16)7-11(9)19-13(21)8-12-14(22)18-5-6-20(12)15(23)17-2/h3-4,7,12H,5-6,8H2,1-2H3,(H,17,23)(H,18,22)(H,19,21). The van der Waals surface area contributed by atoms with Crippen LogP contribution < -0.4 is 16.0 Å². The van der Waals surface area contributed by atoms with Crippen molar-refractivity contribution in [3.05, 3.63) is 28.8 Å². The van der Waals surface area contributed by atoms with Gasteiger partial charge in [-0.3, -0.25) is 9.59 Å². The molecule has 0 bridgehead atoms. The minimum Gasteiger partial charge on any atom is -0.366 e. The number of hydrogen-bond acceptors (Lipinski definition) is 3. The van der Waals surface area contributed by atoms with E-state index in [1.807, 2.05) is 13.0 Å². The van der Waals surface area contributed by atoms with Crippen molar-refractivity contribution in [1.82, 2.24) is 15.5 Å².